The summed E-state index contributed by atoms with van der Waals surface area (Å²) in [5, 5.41) is 23.6. The zero-order chi connectivity index (χ0) is 25.5. The number of phenols is 1. The van der Waals surface area contributed by atoms with E-state index in [0.717, 1.165) is 31.9 Å². The van der Waals surface area contributed by atoms with Gasteiger partial charge in [0, 0.05) is 18.7 Å². The molecule has 192 valence electrons. The Morgan fingerprint density at radius 2 is 1.61 bits per heavy atom. The molecule has 1 atom stereocenters. The van der Waals surface area contributed by atoms with E-state index in [1.54, 1.807) is 0 Å². The minimum absolute atomic E-state index is 0.0362. The van der Waals surface area contributed by atoms with Crippen LogP contribution in [0.5, 0.6) is 11.5 Å². The van der Waals surface area contributed by atoms with Gasteiger partial charge in [0.25, 0.3) is 0 Å². The Morgan fingerprint density at radius 1 is 0.944 bits per heavy atom. The molecule has 3 aromatic carbocycles. The van der Waals surface area contributed by atoms with Crippen molar-refractivity contribution in [2.45, 2.75) is 43.7 Å². The van der Waals surface area contributed by atoms with Crippen molar-refractivity contribution >= 4 is 15.7 Å². The van der Waals surface area contributed by atoms with Gasteiger partial charge in [-0.3, -0.25) is 4.72 Å². The molecule has 36 heavy (non-hydrogen) atoms. The SMILES string of the molecule is CS(=O)(=O)Nc1cc(OC[C@@H](O)CNC2CCC(c3ccc(-c4ccccc4)cc3)CC2)ccc1O. The van der Waals surface area contributed by atoms with Crippen LogP contribution in [-0.2, 0) is 10.0 Å². The lowest BCUT2D eigenvalue weighted by Gasteiger charge is -2.30. The predicted octanol–water partition coefficient (Wildman–Crippen LogP) is 4.49. The number of hydrogen-bond donors (Lipinski definition) is 4. The van der Waals surface area contributed by atoms with Crippen LogP contribution in [0.25, 0.3) is 11.1 Å². The molecule has 1 aliphatic rings. The highest BCUT2D eigenvalue weighted by atomic mass is 32.2. The van der Waals surface area contributed by atoms with Crippen molar-refractivity contribution < 1.29 is 23.4 Å². The molecule has 0 heterocycles. The molecule has 0 spiro atoms. The fraction of sp³-hybridized carbons (Fsp3) is 0.357. The second-order valence-electron chi connectivity index (χ2n) is 9.46. The molecule has 0 saturated heterocycles. The average Bonchev–Trinajstić information content (AvgIpc) is 2.88. The largest absolute Gasteiger partial charge is 0.506 e. The summed E-state index contributed by atoms with van der Waals surface area (Å²) in [7, 11) is -3.53. The third-order valence-electron chi connectivity index (χ3n) is 6.56. The zero-order valence-corrected chi connectivity index (χ0v) is 21.2. The van der Waals surface area contributed by atoms with Gasteiger partial charge in [0.05, 0.1) is 11.9 Å². The number of ether oxygens (including phenoxy) is 1. The van der Waals surface area contributed by atoms with Crippen LogP contribution in [0.2, 0.25) is 0 Å². The van der Waals surface area contributed by atoms with Crippen LogP contribution in [0.15, 0.2) is 72.8 Å². The number of anilines is 1. The van der Waals surface area contributed by atoms with E-state index in [1.165, 1.54) is 34.9 Å². The molecule has 4 N–H and O–H groups in total. The Labute approximate surface area is 213 Å². The van der Waals surface area contributed by atoms with Crippen LogP contribution < -0.4 is 14.8 Å². The van der Waals surface area contributed by atoms with Crippen molar-refractivity contribution in [3.63, 3.8) is 0 Å². The molecule has 1 saturated carbocycles. The van der Waals surface area contributed by atoms with E-state index in [9.17, 15) is 18.6 Å². The molecule has 0 aliphatic heterocycles. The van der Waals surface area contributed by atoms with Crippen LogP contribution in [0.3, 0.4) is 0 Å². The first-order chi connectivity index (χ1) is 17.3. The number of sulfonamides is 1. The van der Waals surface area contributed by atoms with E-state index in [-0.39, 0.29) is 18.0 Å². The predicted molar refractivity (Wildman–Crippen MR) is 143 cm³/mol. The fourth-order valence-electron chi connectivity index (χ4n) is 4.65. The highest BCUT2D eigenvalue weighted by molar-refractivity contribution is 7.92. The summed E-state index contributed by atoms with van der Waals surface area (Å²) < 4.78 is 30.7. The molecule has 8 heteroatoms. The number of aliphatic hydroxyl groups excluding tert-OH is 1. The molecule has 1 fully saturated rings. The van der Waals surface area contributed by atoms with Gasteiger partial charge in [-0.1, -0.05) is 54.6 Å². The Morgan fingerprint density at radius 3 is 2.28 bits per heavy atom. The number of hydrogen-bond acceptors (Lipinski definition) is 6. The van der Waals surface area contributed by atoms with Crippen molar-refractivity contribution in [3.8, 4) is 22.6 Å². The van der Waals surface area contributed by atoms with Gasteiger partial charge in [-0.2, -0.15) is 0 Å². The monoisotopic (exact) mass is 510 g/mol. The highest BCUT2D eigenvalue weighted by Crippen LogP contribution is 2.34. The number of nitrogens with one attached hydrogen (secondary N) is 2. The molecule has 3 aromatic rings. The second kappa shape index (κ2) is 11.8. The van der Waals surface area contributed by atoms with Crippen molar-refractivity contribution in [2.75, 3.05) is 24.1 Å². The molecule has 0 amide bonds. The normalized spacial score (nSPS) is 18.9. The average molecular weight is 511 g/mol. The summed E-state index contributed by atoms with van der Waals surface area (Å²) in [5.41, 5.74) is 3.89. The number of aromatic hydroxyl groups is 1. The number of aliphatic hydroxyl groups is 1. The minimum Gasteiger partial charge on any atom is -0.506 e. The Bertz CT molecular complexity index is 1220. The molecular formula is C28H34N2O5S. The van der Waals surface area contributed by atoms with Gasteiger partial charge in [0.1, 0.15) is 24.2 Å². The number of benzene rings is 3. The van der Waals surface area contributed by atoms with Crippen LogP contribution in [0.4, 0.5) is 5.69 Å². The zero-order valence-electron chi connectivity index (χ0n) is 20.4. The van der Waals surface area contributed by atoms with Crippen LogP contribution in [-0.4, -0.2) is 50.2 Å². The molecular weight excluding hydrogens is 476 g/mol. The van der Waals surface area contributed by atoms with E-state index in [1.807, 2.05) is 6.07 Å². The summed E-state index contributed by atoms with van der Waals surface area (Å²) in [6, 6.07) is 24.0. The van der Waals surface area contributed by atoms with Crippen molar-refractivity contribution in [1.82, 2.24) is 5.32 Å². The lowest BCUT2D eigenvalue weighted by Crippen LogP contribution is -2.39. The highest BCUT2D eigenvalue weighted by Gasteiger charge is 2.23. The Balaban J connectivity index is 1.19. The lowest BCUT2D eigenvalue weighted by atomic mass is 9.81. The van der Waals surface area contributed by atoms with Crippen LogP contribution in [0.1, 0.15) is 37.2 Å². The number of rotatable bonds is 10. The van der Waals surface area contributed by atoms with E-state index in [0.29, 0.717) is 24.3 Å². The Hall–Kier alpha value is -3.07. The maximum absolute atomic E-state index is 11.4. The maximum Gasteiger partial charge on any atom is 0.229 e. The van der Waals surface area contributed by atoms with Gasteiger partial charge in [-0.05, 0) is 60.4 Å². The molecule has 4 rings (SSSR count). The molecule has 0 unspecified atom stereocenters. The van der Waals surface area contributed by atoms with Crippen molar-refractivity contribution in [2.24, 2.45) is 0 Å². The second-order valence-corrected chi connectivity index (χ2v) is 11.2. The molecule has 1 aliphatic carbocycles. The first-order valence-corrected chi connectivity index (χ1v) is 14.2. The third kappa shape index (κ3) is 7.46. The van der Waals surface area contributed by atoms with Gasteiger partial charge in [0.15, 0.2) is 0 Å². The standard InChI is InChI=1S/C28H34N2O5S/c1-36(33,34)30-27-17-26(15-16-28(27)32)35-19-25(31)18-29-24-13-11-23(12-14-24)22-9-7-21(8-10-22)20-5-3-2-4-6-20/h2-10,15-17,23-25,29-32H,11-14,18-19H2,1H3/t23?,24?,25-/m0/s1. The summed E-state index contributed by atoms with van der Waals surface area (Å²) >= 11 is 0. The van der Waals surface area contributed by atoms with Crippen molar-refractivity contribution in [3.05, 3.63) is 78.4 Å². The van der Waals surface area contributed by atoms with E-state index in [2.05, 4.69) is 58.6 Å². The van der Waals surface area contributed by atoms with Crippen molar-refractivity contribution in [1.29, 1.82) is 0 Å². The molecule has 0 aromatic heterocycles. The number of phenolic OH excluding ortho intramolecular Hbond substituents is 1. The smallest absolute Gasteiger partial charge is 0.229 e. The van der Waals surface area contributed by atoms with E-state index in [4.69, 9.17) is 4.74 Å². The first-order valence-electron chi connectivity index (χ1n) is 12.3. The fourth-order valence-corrected chi connectivity index (χ4v) is 5.21. The lowest BCUT2D eigenvalue weighted by molar-refractivity contribution is 0.101. The van der Waals surface area contributed by atoms with Gasteiger partial charge >= 0.3 is 0 Å². The van der Waals surface area contributed by atoms with Gasteiger partial charge < -0.3 is 20.3 Å². The minimum atomic E-state index is -3.53. The van der Waals surface area contributed by atoms with E-state index >= 15 is 0 Å². The van der Waals surface area contributed by atoms with Gasteiger partial charge in [-0.25, -0.2) is 8.42 Å². The summed E-state index contributed by atoms with van der Waals surface area (Å²) in [5.74, 6) is 0.722. The van der Waals surface area contributed by atoms with E-state index < -0.39 is 16.1 Å². The summed E-state index contributed by atoms with van der Waals surface area (Å²) in [6.07, 6.45) is 4.61. The summed E-state index contributed by atoms with van der Waals surface area (Å²) in [6.45, 7) is 0.465. The van der Waals surface area contributed by atoms with Crippen LogP contribution >= 0.6 is 0 Å². The topological polar surface area (TPSA) is 108 Å². The maximum atomic E-state index is 11.4. The Kier molecular flexibility index (Phi) is 8.51. The van der Waals surface area contributed by atoms with Gasteiger partial charge in [0.2, 0.25) is 10.0 Å². The van der Waals surface area contributed by atoms with Crippen LogP contribution in [0, 0.1) is 0 Å². The quantitative estimate of drug-likeness (QED) is 0.300. The molecule has 7 nitrogen and oxygen atoms in total. The first kappa shape index (κ1) is 26.0. The molecule has 0 bridgehead atoms. The third-order valence-corrected chi connectivity index (χ3v) is 7.16. The summed E-state index contributed by atoms with van der Waals surface area (Å²) in [4.78, 5) is 0. The van der Waals surface area contributed by atoms with Gasteiger partial charge in [-0.15, -0.1) is 0 Å². The molecule has 0 radical (unpaired) electrons.